The molecule has 0 heterocycles. The van der Waals surface area contributed by atoms with Crippen molar-refractivity contribution in [3.8, 4) is 0 Å². The Morgan fingerprint density at radius 2 is 0.423 bits per heavy atom. The monoisotopic (exact) mass is 1010 g/mol. The Balaban J connectivity index is 3.49. The largest absolute Gasteiger partial charge is 0.466 e. The number of hydrogen-bond donors (Lipinski definition) is 0. The second-order valence-electron chi connectivity index (χ2n) is 17.2. The first kappa shape index (κ1) is 66.0. The fourth-order valence-electron chi connectivity index (χ4n) is 6.66. The number of unbranched alkanes of at least 4 members (excludes halogenated alkanes) is 16. The molecule has 0 rings (SSSR count). The molecule has 0 spiro atoms. The zero-order chi connectivity index (χ0) is 52.3. The number of hydrogen-bond acceptors (Lipinski definition) is 18. The van der Waals surface area contributed by atoms with Crippen LogP contribution in [0.4, 0.5) is 0 Å². The molecule has 0 radical (unpaired) electrons. The zero-order valence-electron chi connectivity index (χ0n) is 43.1. The van der Waals surface area contributed by atoms with Crippen LogP contribution in [-0.2, 0) is 85.8 Å². The van der Waals surface area contributed by atoms with Crippen molar-refractivity contribution in [3.05, 3.63) is 12.7 Å². The summed E-state index contributed by atoms with van der Waals surface area (Å²) in [5.41, 5.74) is 0. The number of ether oxygens (including phenoxy) is 9. The molecular formula is C53H88O18. The summed E-state index contributed by atoms with van der Waals surface area (Å²) >= 11 is 0. The highest BCUT2D eigenvalue weighted by atomic mass is 16.6. The van der Waals surface area contributed by atoms with E-state index in [-0.39, 0.29) is 54.2 Å². The van der Waals surface area contributed by atoms with E-state index in [4.69, 9.17) is 42.6 Å². The van der Waals surface area contributed by atoms with E-state index in [1.807, 2.05) is 0 Å². The topological polar surface area (TPSA) is 237 Å². The van der Waals surface area contributed by atoms with Gasteiger partial charge in [-0.05, 0) is 161 Å². The van der Waals surface area contributed by atoms with Gasteiger partial charge in [-0.1, -0.05) is 6.58 Å². The smallest absolute Gasteiger partial charge is 0.330 e. The molecule has 0 saturated carbocycles. The first-order valence-electron chi connectivity index (χ1n) is 26.5. The van der Waals surface area contributed by atoms with Crippen LogP contribution < -0.4 is 0 Å². The van der Waals surface area contributed by atoms with Crippen LogP contribution in [0, 0.1) is 0 Å². The van der Waals surface area contributed by atoms with Gasteiger partial charge in [-0.25, -0.2) is 4.79 Å². The summed E-state index contributed by atoms with van der Waals surface area (Å²) < 4.78 is 46.5. The normalized spacial score (nSPS) is 10.7. The molecule has 71 heavy (non-hydrogen) atoms. The van der Waals surface area contributed by atoms with Crippen molar-refractivity contribution in [2.24, 2.45) is 0 Å². The number of rotatable bonds is 50. The van der Waals surface area contributed by atoms with Gasteiger partial charge in [-0.15, -0.1) is 0 Å². The minimum absolute atomic E-state index is 0.203. The summed E-state index contributed by atoms with van der Waals surface area (Å²) in [6.07, 6.45) is 20.2. The highest BCUT2D eigenvalue weighted by molar-refractivity contribution is 5.81. The lowest BCUT2D eigenvalue weighted by molar-refractivity contribution is -0.146. The average Bonchev–Trinajstić information content (AvgIpc) is 3.34. The molecule has 18 heteroatoms. The molecular weight excluding hydrogens is 925 g/mol. The Hall–Kier alpha value is -5.03. The van der Waals surface area contributed by atoms with Crippen molar-refractivity contribution in [3.63, 3.8) is 0 Å². The lowest BCUT2D eigenvalue weighted by Crippen LogP contribution is -2.08. The summed E-state index contributed by atoms with van der Waals surface area (Å²) in [4.78, 5) is 106. The molecule has 0 saturated heterocycles. The molecule has 0 aliphatic rings. The summed E-state index contributed by atoms with van der Waals surface area (Å²) in [6, 6.07) is 0. The maximum atomic E-state index is 12.0. The molecule has 0 aromatic rings. The fourth-order valence-corrected chi connectivity index (χ4v) is 6.66. The van der Waals surface area contributed by atoms with Crippen molar-refractivity contribution in [1.29, 1.82) is 0 Å². The van der Waals surface area contributed by atoms with Gasteiger partial charge in [0.2, 0.25) is 0 Å². The van der Waals surface area contributed by atoms with Gasteiger partial charge in [-0.3, -0.25) is 38.4 Å². The van der Waals surface area contributed by atoms with Gasteiger partial charge < -0.3 is 42.6 Å². The Morgan fingerprint density at radius 3 is 0.592 bits per heavy atom. The third-order valence-corrected chi connectivity index (χ3v) is 10.8. The van der Waals surface area contributed by atoms with Gasteiger partial charge in [0, 0.05) is 57.4 Å². The van der Waals surface area contributed by atoms with Gasteiger partial charge in [-0.2, -0.15) is 0 Å². The van der Waals surface area contributed by atoms with E-state index in [0.29, 0.717) is 207 Å². The summed E-state index contributed by atoms with van der Waals surface area (Å²) in [7, 11) is 0. The van der Waals surface area contributed by atoms with Crippen LogP contribution in [0.1, 0.15) is 212 Å². The molecule has 408 valence electrons. The van der Waals surface area contributed by atoms with Crippen LogP contribution in [0.15, 0.2) is 12.7 Å². The molecule has 0 N–H and O–H groups in total. The second kappa shape index (κ2) is 49.9. The zero-order valence-corrected chi connectivity index (χ0v) is 43.1. The molecule has 0 aromatic carbocycles. The predicted octanol–water partition coefficient (Wildman–Crippen LogP) is 9.56. The van der Waals surface area contributed by atoms with E-state index < -0.39 is 5.97 Å². The van der Waals surface area contributed by atoms with Crippen molar-refractivity contribution in [2.45, 2.75) is 212 Å². The third kappa shape index (κ3) is 49.7. The van der Waals surface area contributed by atoms with E-state index in [0.717, 1.165) is 57.4 Å². The summed E-state index contributed by atoms with van der Waals surface area (Å²) in [5, 5.41) is 0. The van der Waals surface area contributed by atoms with Gasteiger partial charge in [0.15, 0.2) is 0 Å². The van der Waals surface area contributed by atoms with E-state index in [1.165, 1.54) is 0 Å². The summed E-state index contributed by atoms with van der Waals surface area (Å²) in [5.74, 6) is -2.51. The summed E-state index contributed by atoms with van der Waals surface area (Å²) in [6.45, 7) is 7.94. The number of carbonyl (C=O) groups is 9. The quantitative estimate of drug-likeness (QED) is 0.0238. The third-order valence-electron chi connectivity index (χ3n) is 10.8. The van der Waals surface area contributed by atoms with Crippen LogP contribution in [0.2, 0.25) is 0 Å². The Labute approximate surface area is 423 Å². The molecule has 0 bridgehead atoms. The molecule has 18 nitrogen and oxygen atoms in total. The molecule has 0 atom stereocenters. The highest BCUT2D eigenvalue weighted by Crippen LogP contribution is 2.11. The average molecular weight is 1010 g/mol. The fraction of sp³-hybridized carbons (Fsp3) is 0.792. The van der Waals surface area contributed by atoms with Crippen LogP contribution in [-0.4, -0.2) is 113 Å². The van der Waals surface area contributed by atoms with Gasteiger partial charge in [0.05, 0.1) is 59.5 Å². The highest BCUT2D eigenvalue weighted by Gasteiger charge is 2.10. The first-order valence-corrected chi connectivity index (χ1v) is 26.5. The van der Waals surface area contributed by atoms with Crippen LogP contribution in [0.25, 0.3) is 0 Å². The van der Waals surface area contributed by atoms with Crippen LogP contribution in [0.3, 0.4) is 0 Å². The minimum Gasteiger partial charge on any atom is -0.466 e. The van der Waals surface area contributed by atoms with Gasteiger partial charge in [0.25, 0.3) is 0 Å². The molecule has 0 aliphatic heterocycles. The SMILES string of the molecule is C=CC(=O)OCCCCCC(=O)OCCCCCC(=O)OCCCCCC(=O)OCCCCCC(=O)OCCCCCC(=O)OCCCCCC(=O)OCCCCCC(=O)OCCCCCC(=O)OCC. The van der Waals surface area contributed by atoms with Crippen LogP contribution >= 0.6 is 0 Å². The van der Waals surface area contributed by atoms with Crippen molar-refractivity contribution >= 4 is 53.7 Å². The standard InChI is InChI=1S/C53H88O18/c1-3-45(54)64-37-21-6-14-30-47(56)66-39-23-8-16-32-49(58)68-41-25-10-18-34-51(60)70-43-27-12-20-36-53(62)71-44-28-11-19-35-52(61)69-42-26-9-17-33-50(59)67-40-24-7-15-31-48(57)65-38-22-5-13-29-46(55)63-4-2/h3H,1,4-44H2,2H3. The maximum absolute atomic E-state index is 12.0. The molecule has 0 aliphatic carbocycles. The first-order chi connectivity index (χ1) is 34.5. The van der Waals surface area contributed by atoms with Gasteiger partial charge >= 0.3 is 53.7 Å². The maximum Gasteiger partial charge on any atom is 0.330 e. The number of esters is 9. The van der Waals surface area contributed by atoms with Crippen molar-refractivity contribution < 1.29 is 85.8 Å². The molecule has 0 unspecified atom stereocenters. The Morgan fingerprint density at radius 1 is 0.254 bits per heavy atom. The van der Waals surface area contributed by atoms with E-state index in [1.54, 1.807) is 6.92 Å². The molecule has 0 aromatic heterocycles. The lowest BCUT2D eigenvalue weighted by atomic mass is 10.2. The van der Waals surface area contributed by atoms with E-state index >= 15 is 0 Å². The molecule has 0 amide bonds. The molecule has 0 fully saturated rings. The van der Waals surface area contributed by atoms with Crippen molar-refractivity contribution in [1.82, 2.24) is 0 Å². The van der Waals surface area contributed by atoms with Crippen molar-refractivity contribution in [2.75, 3.05) is 59.5 Å². The van der Waals surface area contributed by atoms with E-state index in [2.05, 4.69) is 6.58 Å². The lowest BCUT2D eigenvalue weighted by Gasteiger charge is -2.07. The van der Waals surface area contributed by atoms with Gasteiger partial charge in [0.1, 0.15) is 0 Å². The second-order valence-corrected chi connectivity index (χ2v) is 17.2. The van der Waals surface area contributed by atoms with Crippen LogP contribution in [0.5, 0.6) is 0 Å². The Bertz CT molecular complexity index is 1460. The minimum atomic E-state index is -0.453. The predicted molar refractivity (Wildman–Crippen MR) is 262 cm³/mol. The Kier molecular flexibility index (Phi) is 46.4. The number of carbonyl (C=O) groups excluding carboxylic acids is 9. The van der Waals surface area contributed by atoms with E-state index in [9.17, 15) is 43.2 Å².